The van der Waals surface area contributed by atoms with Crippen LogP contribution in [0.1, 0.15) is 18.2 Å². The van der Waals surface area contributed by atoms with Gasteiger partial charge in [-0.2, -0.15) is 0 Å². The van der Waals surface area contributed by atoms with Crippen molar-refractivity contribution in [3.63, 3.8) is 0 Å². The Hall–Kier alpha value is -5.09. The number of aryl methyl sites for hydroxylation is 1. The van der Waals surface area contributed by atoms with E-state index in [2.05, 4.69) is 125 Å². The van der Waals surface area contributed by atoms with E-state index in [1.807, 2.05) is 13.1 Å². The second-order valence-electron chi connectivity index (χ2n) is 10.0. The van der Waals surface area contributed by atoms with Gasteiger partial charge >= 0.3 is 0 Å². The smallest absolute Gasteiger partial charge is 0.181 e. The minimum Gasteiger partial charge on any atom is -0.452 e. The molecule has 0 aliphatic heterocycles. The zero-order valence-corrected chi connectivity index (χ0v) is 21.7. The van der Waals surface area contributed by atoms with Gasteiger partial charge < -0.3 is 8.98 Å². The van der Waals surface area contributed by atoms with Gasteiger partial charge in [0, 0.05) is 38.8 Å². The Morgan fingerprint density at radius 2 is 1.31 bits per heavy atom. The zero-order chi connectivity index (χ0) is 26.1. The molecule has 0 bridgehead atoms. The highest BCUT2D eigenvalue weighted by Crippen LogP contribution is 2.38. The van der Waals surface area contributed by atoms with Crippen molar-refractivity contribution in [1.82, 2.24) is 14.1 Å². The monoisotopic (exact) mass is 503 g/mol. The molecule has 0 aliphatic rings. The van der Waals surface area contributed by atoms with Crippen LogP contribution in [0.4, 0.5) is 0 Å². The third-order valence-corrected chi connectivity index (χ3v) is 7.90. The average molecular weight is 504 g/mol. The van der Waals surface area contributed by atoms with E-state index >= 15 is 0 Å². The van der Waals surface area contributed by atoms with Crippen LogP contribution in [0.3, 0.4) is 0 Å². The maximum absolute atomic E-state index is 6.56. The summed E-state index contributed by atoms with van der Waals surface area (Å²) in [7, 11) is 0. The summed E-state index contributed by atoms with van der Waals surface area (Å²) in [6.07, 6.45) is 6.12. The number of pyridine rings is 1. The number of hydrogen-bond acceptors (Lipinski definition) is 2. The van der Waals surface area contributed by atoms with Crippen LogP contribution in [0.2, 0.25) is 0 Å². The predicted molar refractivity (Wildman–Crippen MR) is 162 cm³/mol. The highest BCUT2D eigenvalue weighted by Gasteiger charge is 2.20. The Labute approximate surface area is 225 Å². The van der Waals surface area contributed by atoms with Crippen molar-refractivity contribution in [3.8, 4) is 11.5 Å². The minimum absolute atomic E-state index is 0.790. The molecule has 0 amide bonds. The number of furan rings is 1. The fourth-order valence-electron chi connectivity index (χ4n) is 6.18. The summed E-state index contributed by atoms with van der Waals surface area (Å²) in [5, 5.41) is 5.86. The maximum atomic E-state index is 6.56. The molecule has 0 unspecified atom stereocenters. The van der Waals surface area contributed by atoms with Crippen molar-refractivity contribution in [3.05, 3.63) is 121 Å². The molecule has 39 heavy (non-hydrogen) atoms. The first-order valence-electron chi connectivity index (χ1n) is 13.3. The molecular weight excluding hydrogens is 478 g/mol. The quantitative estimate of drug-likeness (QED) is 0.241. The van der Waals surface area contributed by atoms with Gasteiger partial charge in [-0.25, -0.2) is 4.98 Å². The van der Waals surface area contributed by atoms with E-state index in [-0.39, 0.29) is 0 Å². The van der Waals surface area contributed by atoms with Crippen LogP contribution in [-0.4, -0.2) is 14.1 Å². The third kappa shape index (κ3) is 3.03. The van der Waals surface area contributed by atoms with E-state index in [4.69, 9.17) is 9.40 Å². The first kappa shape index (κ1) is 21.9. The largest absolute Gasteiger partial charge is 0.452 e. The first-order chi connectivity index (χ1) is 19.2. The SMILES string of the molecule is C/C=C\c1c(C)c2ccccc2n1-c1nccc2c1oc1ccc(-n3c4ccccc4c4ccccc43)cc12. The molecule has 4 heteroatoms. The molecule has 0 radical (unpaired) electrons. The standard InChI is InChI=1S/C35H25N3O/c1-3-10-29-22(2)24-11-4-7-14-30(24)38(29)35-34-27(19-20-36-35)28-21-23(17-18-33(28)39-34)37-31-15-8-5-12-25(31)26-13-6-9-16-32(26)37/h3-21H,1-2H3/b10-3-. The molecule has 0 N–H and O–H groups in total. The summed E-state index contributed by atoms with van der Waals surface area (Å²) in [5.74, 6) is 0.805. The Kier molecular flexibility index (Phi) is 4.62. The van der Waals surface area contributed by atoms with Crippen molar-refractivity contribution < 1.29 is 4.42 Å². The van der Waals surface area contributed by atoms with Gasteiger partial charge in [0.1, 0.15) is 5.58 Å². The van der Waals surface area contributed by atoms with Crippen LogP contribution < -0.4 is 0 Å². The Morgan fingerprint density at radius 3 is 2.00 bits per heavy atom. The number of nitrogens with zero attached hydrogens (tertiary/aromatic N) is 3. The van der Waals surface area contributed by atoms with Crippen LogP contribution in [0.25, 0.3) is 72.2 Å². The lowest BCUT2D eigenvalue weighted by Crippen LogP contribution is -2.00. The van der Waals surface area contributed by atoms with E-state index in [0.29, 0.717) is 0 Å². The molecule has 186 valence electrons. The van der Waals surface area contributed by atoms with Crippen molar-refractivity contribution >= 4 is 60.7 Å². The summed E-state index contributed by atoms with van der Waals surface area (Å²) in [6.45, 7) is 4.22. The lowest BCUT2D eigenvalue weighted by molar-refractivity contribution is 0.662. The first-order valence-corrected chi connectivity index (χ1v) is 13.3. The normalized spacial score (nSPS) is 12.3. The average Bonchev–Trinajstić information content (AvgIpc) is 3.61. The Morgan fingerprint density at radius 1 is 0.667 bits per heavy atom. The molecule has 0 atom stereocenters. The van der Waals surface area contributed by atoms with Crippen LogP contribution in [0, 0.1) is 6.92 Å². The van der Waals surface area contributed by atoms with Gasteiger partial charge in [0.2, 0.25) is 0 Å². The van der Waals surface area contributed by atoms with Gasteiger partial charge in [0.25, 0.3) is 0 Å². The minimum atomic E-state index is 0.790. The van der Waals surface area contributed by atoms with Crippen LogP contribution in [0.5, 0.6) is 0 Å². The second kappa shape index (κ2) is 8.20. The molecule has 4 nitrogen and oxygen atoms in total. The highest BCUT2D eigenvalue weighted by molar-refractivity contribution is 6.11. The lowest BCUT2D eigenvalue weighted by atomic mass is 10.1. The van der Waals surface area contributed by atoms with Gasteiger partial charge in [-0.1, -0.05) is 60.7 Å². The van der Waals surface area contributed by atoms with Crippen molar-refractivity contribution in [2.75, 3.05) is 0 Å². The molecule has 0 aliphatic carbocycles. The molecule has 4 aromatic carbocycles. The fourth-order valence-corrected chi connectivity index (χ4v) is 6.18. The summed E-state index contributed by atoms with van der Waals surface area (Å²) < 4.78 is 11.1. The molecule has 0 fully saturated rings. The van der Waals surface area contributed by atoms with Crippen LogP contribution in [0.15, 0.2) is 114 Å². The molecule has 0 saturated heterocycles. The van der Waals surface area contributed by atoms with Crippen LogP contribution >= 0.6 is 0 Å². The third-order valence-electron chi connectivity index (χ3n) is 7.90. The Bertz CT molecular complexity index is 2200. The topological polar surface area (TPSA) is 35.9 Å². The number of allylic oxidation sites excluding steroid dienone is 1. The zero-order valence-electron chi connectivity index (χ0n) is 21.7. The van der Waals surface area contributed by atoms with E-state index < -0.39 is 0 Å². The van der Waals surface area contributed by atoms with Crippen molar-refractivity contribution in [2.45, 2.75) is 13.8 Å². The summed E-state index contributed by atoms with van der Waals surface area (Å²) in [4.78, 5) is 4.86. The number of rotatable bonds is 3. The van der Waals surface area contributed by atoms with E-state index in [0.717, 1.165) is 44.7 Å². The van der Waals surface area contributed by atoms with Gasteiger partial charge in [-0.15, -0.1) is 0 Å². The second-order valence-corrected chi connectivity index (χ2v) is 10.0. The van der Waals surface area contributed by atoms with Gasteiger partial charge in [0.05, 0.1) is 22.2 Å². The lowest BCUT2D eigenvalue weighted by Gasteiger charge is -2.09. The van der Waals surface area contributed by atoms with E-state index in [1.165, 1.54) is 32.8 Å². The van der Waals surface area contributed by atoms with Gasteiger partial charge in [-0.05, 0) is 68.0 Å². The molecule has 4 heterocycles. The summed E-state index contributed by atoms with van der Waals surface area (Å²) in [5.41, 5.74) is 8.60. The van der Waals surface area contributed by atoms with Crippen molar-refractivity contribution in [2.24, 2.45) is 0 Å². The van der Waals surface area contributed by atoms with Crippen LogP contribution in [-0.2, 0) is 0 Å². The van der Waals surface area contributed by atoms with Crippen molar-refractivity contribution in [1.29, 1.82) is 0 Å². The van der Waals surface area contributed by atoms with E-state index in [1.54, 1.807) is 0 Å². The fraction of sp³-hybridized carbons (Fsp3) is 0.0571. The summed E-state index contributed by atoms with van der Waals surface area (Å²) in [6, 6.07) is 34.2. The molecule has 4 aromatic heterocycles. The number of hydrogen-bond donors (Lipinski definition) is 0. The number of fused-ring (bicyclic) bond motifs is 7. The summed E-state index contributed by atoms with van der Waals surface area (Å²) >= 11 is 0. The molecule has 0 saturated carbocycles. The highest BCUT2D eigenvalue weighted by atomic mass is 16.3. The Balaban J connectivity index is 1.42. The molecular formula is C35H25N3O. The number of benzene rings is 4. The molecule has 0 spiro atoms. The molecule has 8 rings (SSSR count). The molecule has 8 aromatic rings. The number of para-hydroxylation sites is 3. The maximum Gasteiger partial charge on any atom is 0.181 e. The number of aromatic nitrogens is 3. The van der Waals surface area contributed by atoms with Gasteiger partial charge in [0.15, 0.2) is 11.4 Å². The predicted octanol–water partition coefficient (Wildman–Crippen LogP) is 9.36. The van der Waals surface area contributed by atoms with Gasteiger partial charge in [-0.3, -0.25) is 4.57 Å². The van der Waals surface area contributed by atoms with E-state index in [9.17, 15) is 0 Å².